The number of nitrogens with one attached hydrogen (secondary N) is 1. The summed E-state index contributed by atoms with van der Waals surface area (Å²) in [4.78, 5) is 0. The molecule has 0 aromatic heterocycles. The maximum absolute atomic E-state index is 9.16. The van der Waals surface area contributed by atoms with Crippen molar-refractivity contribution >= 4 is 17.4 Å². The van der Waals surface area contributed by atoms with Gasteiger partial charge in [-0.25, -0.2) is 0 Å². The highest BCUT2D eigenvalue weighted by molar-refractivity contribution is 8.00. The Hall–Kier alpha value is -1.14. The van der Waals surface area contributed by atoms with Crippen molar-refractivity contribution in [1.29, 1.82) is 5.26 Å². The van der Waals surface area contributed by atoms with Crippen molar-refractivity contribution in [3.63, 3.8) is 0 Å². The molecule has 1 aliphatic rings. The van der Waals surface area contributed by atoms with Crippen LogP contribution in [-0.4, -0.2) is 17.5 Å². The first kappa shape index (κ1) is 13.3. The Balaban J connectivity index is 2.08. The zero-order valence-corrected chi connectivity index (χ0v) is 11.9. The van der Waals surface area contributed by atoms with Crippen LogP contribution < -0.4 is 5.32 Å². The number of anilines is 1. The summed E-state index contributed by atoms with van der Waals surface area (Å²) in [5, 5.41) is 12.6. The highest BCUT2D eigenvalue weighted by Gasteiger charge is 2.32. The number of nitriles is 1. The van der Waals surface area contributed by atoms with E-state index in [2.05, 4.69) is 23.7 Å². The number of aryl methyl sites for hydroxylation is 1. The third-order valence-electron chi connectivity index (χ3n) is 3.84. The first-order valence-corrected chi connectivity index (χ1v) is 7.71. The molecule has 1 aromatic rings. The molecule has 1 saturated carbocycles. The van der Waals surface area contributed by atoms with Crippen LogP contribution in [-0.2, 0) is 0 Å². The quantitative estimate of drug-likeness (QED) is 0.890. The SMILES string of the molecule is CSC1(CNc2ccc(C)cc2C#N)CCCC1. The van der Waals surface area contributed by atoms with Gasteiger partial charge >= 0.3 is 0 Å². The summed E-state index contributed by atoms with van der Waals surface area (Å²) in [6.07, 6.45) is 7.44. The Kier molecular flexibility index (Phi) is 4.19. The molecule has 0 heterocycles. The fraction of sp³-hybridized carbons (Fsp3) is 0.533. The van der Waals surface area contributed by atoms with Crippen LogP contribution in [0.15, 0.2) is 18.2 Å². The van der Waals surface area contributed by atoms with E-state index in [1.807, 2.05) is 30.8 Å². The van der Waals surface area contributed by atoms with Gasteiger partial charge in [-0.15, -0.1) is 0 Å². The van der Waals surface area contributed by atoms with Gasteiger partial charge in [0, 0.05) is 11.3 Å². The second kappa shape index (κ2) is 5.67. The third-order valence-corrected chi connectivity index (χ3v) is 5.26. The van der Waals surface area contributed by atoms with Crippen LogP contribution in [0.4, 0.5) is 5.69 Å². The monoisotopic (exact) mass is 260 g/mol. The summed E-state index contributed by atoms with van der Waals surface area (Å²) in [6.45, 7) is 2.98. The van der Waals surface area contributed by atoms with E-state index >= 15 is 0 Å². The summed E-state index contributed by atoms with van der Waals surface area (Å²) in [5.41, 5.74) is 2.87. The minimum Gasteiger partial charge on any atom is -0.383 e. The predicted molar refractivity (Wildman–Crippen MR) is 79.1 cm³/mol. The van der Waals surface area contributed by atoms with Crippen LogP contribution in [0.1, 0.15) is 36.8 Å². The number of thioether (sulfide) groups is 1. The van der Waals surface area contributed by atoms with Crippen molar-refractivity contribution in [3.8, 4) is 6.07 Å². The van der Waals surface area contributed by atoms with E-state index in [1.165, 1.54) is 25.7 Å². The Bertz CT molecular complexity index is 456. The van der Waals surface area contributed by atoms with E-state index in [4.69, 9.17) is 5.26 Å². The first-order chi connectivity index (χ1) is 8.69. The Morgan fingerprint density at radius 1 is 1.39 bits per heavy atom. The van der Waals surface area contributed by atoms with Gasteiger partial charge in [0.25, 0.3) is 0 Å². The number of hydrogen-bond acceptors (Lipinski definition) is 3. The zero-order chi connectivity index (χ0) is 13.0. The van der Waals surface area contributed by atoms with Crippen LogP contribution in [0.2, 0.25) is 0 Å². The molecule has 0 atom stereocenters. The average Bonchev–Trinajstić information content (AvgIpc) is 2.86. The van der Waals surface area contributed by atoms with Crippen LogP contribution in [0.5, 0.6) is 0 Å². The molecule has 0 amide bonds. The molecule has 18 heavy (non-hydrogen) atoms. The summed E-state index contributed by atoms with van der Waals surface area (Å²) in [5.74, 6) is 0. The highest BCUT2D eigenvalue weighted by Crippen LogP contribution is 2.40. The molecule has 0 aliphatic heterocycles. The van der Waals surface area contributed by atoms with Crippen molar-refractivity contribution in [2.45, 2.75) is 37.4 Å². The molecule has 0 spiro atoms. The predicted octanol–water partition coefficient (Wildman–Crippen LogP) is 3.95. The van der Waals surface area contributed by atoms with Gasteiger partial charge in [-0.3, -0.25) is 0 Å². The molecule has 1 aliphatic carbocycles. The molecule has 2 rings (SSSR count). The van der Waals surface area contributed by atoms with Crippen LogP contribution in [0, 0.1) is 18.3 Å². The topological polar surface area (TPSA) is 35.8 Å². The van der Waals surface area contributed by atoms with Gasteiger partial charge in [0.1, 0.15) is 6.07 Å². The minimum absolute atomic E-state index is 0.373. The second-order valence-corrected chi connectivity index (χ2v) is 6.38. The average molecular weight is 260 g/mol. The Morgan fingerprint density at radius 2 is 2.11 bits per heavy atom. The van der Waals surface area contributed by atoms with Crippen molar-refractivity contribution in [3.05, 3.63) is 29.3 Å². The lowest BCUT2D eigenvalue weighted by molar-refractivity contribution is 0.640. The molecule has 1 N–H and O–H groups in total. The first-order valence-electron chi connectivity index (χ1n) is 6.49. The fourth-order valence-corrected chi connectivity index (χ4v) is 3.55. The van der Waals surface area contributed by atoms with Gasteiger partial charge in [0.2, 0.25) is 0 Å². The molecular weight excluding hydrogens is 240 g/mol. The van der Waals surface area contributed by atoms with Crippen molar-refractivity contribution in [1.82, 2.24) is 0 Å². The molecule has 0 unspecified atom stereocenters. The van der Waals surface area contributed by atoms with E-state index in [0.717, 1.165) is 23.4 Å². The number of nitrogens with zero attached hydrogens (tertiary/aromatic N) is 1. The van der Waals surface area contributed by atoms with Crippen molar-refractivity contribution < 1.29 is 0 Å². The molecule has 0 bridgehead atoms. The molecule has 1 aromatic carbocycles. The lowest BCUT2D eigenvalue weighted by atomic mass is 10.1. The number of rotatable bonds is 4. The highest BCUT2D eigenvalue weighted by atomic mass is 32.2. The van der Waals surface area contributed by atoms with Gasteiger partial charge in [0.05, 0.1) is 11.3 Å². The normalized spacial score (nSPS) is 17.4. The van der Waals surface area contributed by atoms with E-state index in [-0.39, 0.29) is 0 Å². The number of benzene rings is 1. The maximum Gasteiger partial charge on any atom is 0.101 e. The fourth-order valence-electron chi connectivity index (χ4n) is 2.63. The van der Waals surface area contributed by atoms with Gasteiger partial charge in [-0.05, 0) is 43.7 Å². The second-order valence-electron chi connectivity index (χ2n) is 5.11. The summed E-state index contributed by atoms with van der Waals surface area (Å²) < 4.78 is 0.373. The van der Waals surface area contributed by atoms with Gasteiger partial charge < -0.3 is 5.32 Å². The van der Waals surface area contributed by atoms with E-state index in [0.29, 0.717) is 4.75 Å². The van der Waals surface area contributed by atoms with Crippen molar-refractivity contribution in [2.24, 2.45) is 0 Å². The standard InChI is InChI=1S/C15H20N2S/c1-12-5-6-14(13(9-12)10-16)17-11-15(18-2)7-3-4-8-15/h5-6,9,17H,3-4,7-8,11H2,1-2H3. The third kappa shape index (κ3) is 2.81. The lowest BCUT2D eigenvalue weighted by Crippen LogP contribution is -2.30. The van der Waals surface area contributed by atoms with E-state index in [9.17, 15) is 0 Å². The van der Waals surface area contributed by atoms with Gasteiger partial charge in [-0.1, -0.05) is 18.9 Å². The molecule has 1 fully saturated rings. The molecule has 0 radical (unpaired) electrons. The van der Waals surface area contributed by atoms with Crippen molar-refractivity contribution in [2.75, 3.05) is 18.1 Å². The molecule has 0 saturated heterocycles. The largest absolute Gasteiger partial charge is 0.383 e. The van der Waals surface area contributed by atoms with Crippen LogP contribution in [0.3, 0.4) is 0 Å². The molecule has 96 valence electrons. The van der Waals surface area contributed by atoms with Gasteiger partial charge in [0.15, 0.2) is 0 Å². The summed E-state index contributed by atoms with van der Waals surface area (Å²) in [7, 11) is 0. The Morgan fingerprint density at radius 3 is 2.72 bits per heavy atom. The maximum atomic E-state index is 9.16. The minimum atomic E-state index is 0.373. The summed E-state index contributed by atoms with van der Waals surface area (Å²) in [6, 6.07) is 8.30. The molecule has 3 heteroatoms. The smallest absolute Gasteiger partial charge is 0.101 e. The number of hydrogen-bond donors (Lipinski definition) is 1. The van der Waals surface area contributed by atoms with E-state index < -0.39 is 0 Å². The lowest BCUT2D eigenvalue weighted by Gasteiger charge is -2.27. The summed E-state index contributed by atoms with van der Waals surface area (Å²) >= 11 is 1.97. The van der Waals surface area contributed by atoms with Gasteiger partial charge in [-0.2, -0.15) is 17.0 Å². The van der Waals surface area contributed by atoms with E-state index in [1.54, 1.807) is 0 Å². The molecule has 2 nitrogen and oxygen atoms in total. The van der Waals surface area contributed by atoms with Crippen LogP contribution >= 0.6 is 11.8 Å². The molecular formula is C15H20N2S. The Labute approximate surface area is 114 Å². The zero-order valence-electron chi connectivity index (χ0n) is 11.1. The van der Waals surface area contributed by atoms with Crippen LogP contribution in [0.25, 0.3) is 0 Å².